The average molecular weight is 366 g/mol. The van der Waals surface area contributed by atoms with E-state index in [-0.39, 0.29) is 24.3 Å². The van der Waals surface area contributed by atoms with E-state index in [1.54, 1.807) is 10.6 Å². The van der Waals surface area contributed by atoms with Gasteiger partial charge in [-0.25, -0.2) is 18.4 Å². The molecule has 1 aliphatic rings. The van der Waals surface area contributed by atoms with Crippen LogP contribution < -0.4 is 11.0 Å². The van der Waals surface area contributed by atoms with E-state index in [0.29, 0.717) is 5.92 Å². The monoisotopic (exact) mass is 366 g/mol. The highest BCUT2D eigenvalue weighted by Crippen LogP contribution is 2.39. The number of nitrogens with zero attached hydrogens (tertiary/aromatic N) is 3. The van der Waals surface area contributed by atoms with Gasteiger partial charge in [0.25, 0.3) is 5.91 Å². The summed E-state index contributed by atoms with van der Waals surface area (Å²) in [6.07, 6.45) is 2.04. The lowest BCUT2D eigenvalue weighted by atomic mass is 10.2. The van der Waals surface area contributed by atoms with Crippen LogP contribution in [0.3, 0.4) is 0 Å². The fourth-order valence-electron chi connectivity index (χ4n) is 3.01. The number of carbonyl (C=O) groups is 1. The Morgan fingerprint density at radius 1 is 1.11 bits per heavy atom. The third kappa shape index (κ3) is 3.53. The van der Waals surface area contributed by atoms with Crippen LogP contribution in [-0.2, 0) is 6.54 Å². The van der Waals surface area contributed by atoms with Crippen LogP contribution in [0.1, 0.15) is 34.9 Å². The number of para-hydroxylation sites is 1. The van der Waals surface area contributed by atoms with Gasteiger partial charge in [-0.15, -0.1) is 0 Å². The molecule has 138 valence electrons. The number of amides is 1. The molecule has 0 atom stereocenters. The molecule has 1 saturated carbocycles. The van der Waals surface area contributed by atoms with Crippen LogP contribution in [0.2, 0.25) is 0 Å². The first-order valence-corrected chi connectivity index (χ1v) is 8.93. The van der Waals surface area contributed by atoms with Gasteiger partial charge in [0.05, 0.1) is 17.8 Å². The Bertz CT molecular complexity index is 1020. The van der Waals surface area contributed by atoms with Crippen LogP contribution in [0.4, 0.5) is 4.39 Å². The van der Waals surface area contributed by atoms with Crippen LogP contribution in [0.25, 0.3) is 5.69 Å². The van der Waals surface area contributed by atoms with E-state index in [1.807, 2.05) is 30.3 Å². The number of benzene rings is 2. The highest BCUT2D eigenvalue weighted by Gasteiger charge is 2.31. The minimum absolute atomic E-state index is 0.0154. The fourth-order valence-corrected chi connectivity index (χ4v) is 3.01. The van der Waals surface area contributed by atoms with E-state index in [9.17, 15) is 14.0 Å². The zero-order chi connectivity index (χ0) is 18.8. The van der Waals surface area contributed by atoms with E-state index in [1.165, 1.54) is 22.9 Å². The quantitative estimate of drug-likeness (QED) is 0.729. The number of halogens is 1. The highest BCUT2D eigenvalue weighted by atomic mass is 19.1. The van der Waals surface area contributed by atoms with E-state index in [2.05, 4.69) is 10.4 Å². The largest absolute Gasteiger partial charge is 0.350 e. The molecule has 0 aliphatic heterocycles. The summed E-state index contributed by atoms with van der Waals surface area (Å²) in [5, 5.41) is 7.12. The van der Waals surface area contributed by atoms with Gasteiger partial charge in [0, 0.05) is 12.5 Å². The Labute approximate surface area is 155 Å². The maximum atomic E-state index is 13.7. The van der Waals surface area contributed by atoms with Gasteiger partial charge in [0.15, 0.2) is 0 Å². The Hall–Kier alpha value is -3.22. The third-order valence-electron chi connectivity index (χ3n) is 4.55. The van der Waals surface area contributed by atoms with Crippen molar-refractivity contribution in [2.45, 2.75) is 25.3 Å². The smallest absolute Gasteiger partial charge is 0.350 e. The average Bonchev–Trinajstić information content (AvgIpc) is 3.47. The molecule has 6 nitrogen and oxygen atoms in total. The molecule has 1 fully saturated rings. The number of nitrogens with one attached hydrogen (secondary N) is 1. The number of carbonyl (C=O) groups excluding carboxylic acids is 1. The number of aromatic nitrogens is 3. The molecule has 4 rings (SSSR count). The Kier molecular flexibility index (Phi) is 4.58. The summed E-state index contributed by atoms with van der Waals surface area (Å²) < 4.78 is 16.7. The zero-order valence-corrected chi connectivity index (χ0v) is 14.6. The van der Waals surface area contributed by atoms with Crippen LogP contribution >= 0.6 is 0 Å². The molecule has 1 N–H and O–H groups in total. The number of hydrogen-bond donors (Lipinski definition) is 1. The lowest BCUT2D eigenvalue weighted by molar-refractivity contribution is 0.0947. The number of hydrogen-bond acceptors (Lipinski definition) is 3. The standard InChI is InChI=1S/C20H19FN4O2/c21-17-9-5-4-8-16(17)19(26)22-12-13-24-20(27)25(15-6-2-1-3-7-15)18(23-24)14-10-11-14/h1-9,14H,10-13H2,(H,22,26). The second-order valence-corrected chi connectivity index (χ2v) is 6.54. The SMILES string of the molecule is O=C(NCCn1nc(C2CC2)n(-c2ccccc2)c1=O)c1ccccc1F. The topological polar surface area (TPSA) is 68.9 Å². The Morgan fingerprint density at radius 2 is 1.81 bits per heavy atom. The second kappa shape index (κ2) is 7.19. The highest BCUT2D eigenvalue weighted by molar-refractivity contribution is 5.94. The molecule has 2 aromatic carbocycles. The summed E-state index contributed by atoms with van der Waals surface area (Å²) in [6.45, 7) is 0.404. The predicted molar refractivity (Wildman–Crippen MR) is 98.5 cm³/mol. The summed E-state index contributed by atoms with van der Waals surface area (Å²) in [5.74, 6) is -0.0265. The molecular weight excluding hydrogens is 347 g/mol. The maximum absolute atomic E-state index is 13.7. The molecule has 0 radical (unpaired) electrons. The predicted octanol–water partition coefficient (Wildman–Crippen LogP) is 2.48. The summed E-state index contributed by atoms with van der Waals surface area (Å²) in [5.41, 5.74) is 0.535. The Balaban J connectivity index is 1.51. The molecule has 1 amide bonds. The fraction of sp³-hybridized carbons (Fsp3) is 0.250. The summed E-state index contributed by atoms with van der Waals surface area (Å²) >= 11 is 0. The zero-order valence-electron chi connectivity index (χ0n) is 14.6. The van der Waals surface area contributed by atoms with Gasteiger partial charge in [-0.05, 0) is 37.1 Å². The van der Waals surface area contributed by atoms with Gasteiger partial charge in [-0.3, -0.25) is 4.79 Å². The molecule has 1 aromatic heterocycles. The summed E-state index contributed by atoms with van der Waals surface area (Å²) in [4.78, 5) is 24.9. The van der Waals surface area contributed by atoms with Gasteiger partial charge in [-0.2, -0.15) is 5.10 Å². The van der Waals surface area contributed by atoms with Crippen LogP contribution in [0, 0.1) is 5.82 Å². The molecule has 7 heteroatoms. The van der Waals surface area contributed by atoms with Crippen molar-refractivity contribution >= 4 is 5.91 Å². The van der Waals surface area contributed by atoms with Crippen LogP contribution in [0.15, 0.2) is 59.4 Å². The lowest BCUT2D eigenvalue weighted by Crippen LogP contribution is -2.32. The first kappa shape index (κ1) is 17.2. The van der Waals surface area contributed by atoms with Crippen molar-refractivity contribution in [3.8, 4) is 5.69 Å². The molecule has 0 bridgehead atoms. The van der Waals surface area contributed by atoms with Crippen molar-refractivity contribution in [1.29, 1.82) is 0 Å². The van der Waals surface area contributed by atoms with Crippen molar-refractivity contribution < 1.29 is 9.18 Å². The minimum Gasteiger partial charge on any atom is -0.350 e. The van der Waals surface area contributed by atoms with Crippen LogP contribution in [0.5, 0.6) is 0 Å². The van der Waals surface area contributed by atoms with Crippen molar-refractivity contribution in [3.63, 3.8) is 0 Å². The third-order valence-corrected chi connectivity index (χ3v) is 4.55. The lowest BCUT2D eigenvalue weighted by Gasteiger charge is -2.05. The molecular formula is C20H19FN4O2. The molecule has 3 aromatic rings. The van der Waals surface area contributed by atoms with E-state index >= 15 is 0 Å². The molecule has 0 spiro atoms. The van der Waals surface area contributed by atoms with Crippen molar-refractivity contribution in [1.82, 2.24) is 19.7 Å². The molecule has 0 saturated heterocycles. The summed E-state index contributed by atoms with van der Waals surface area (Å²) in [7, 11) is 0. The molecule has 0 unspecified atom stereocenters. The minimum atomic E-state index is -0.573. The van der Waals surface area contributed by atoms with E-state index < -0.39 is 11.7 Å². The first-order valence-electron chi connectivity index (χ1n) is 8.93. The maximum Gasteiger partial charge on any atom is 0.350 e. The van der Waals surface area contributed by atoms with Crippen molar-refractivity contribution in [3.05, 3.63) is 82.3 Å². The normalized spacial score (nSPS) is 13.5. The van der Waals surface area contributed by atoms with E-state index in [4.69, 9.17) is 0 Å². The summed E-state index contributed by atoms with van der Waals surface area (Å²) in [6, 6.07) is 15.2. The van der Waals surface area contributed by atoms with Crippen molar-refractivity contribution in [2.75, 3.05) is 6.54 Å². The van der Waals surface area contributed by atoms with Gasteiger partial charge >= 0.3 is 5.69 Å². The molecule has 27 heavy (non-hydrogen) atoms. The van der Waals surface area contributed by atoms with Gasteiger partial charge < -0.3 is 5.32 Å². The van der Waals surface area contributed by atoms with Gasteiger partial charge in [0.2, 0.25) is 0 Å². The molecule has 1 heterocycles. The Morgan fingerprint density at radius 3 is 2.52 bits per heavy atom. The van der Waals surface area contributed by atoms with Gasteiger partial charge in [0.1, 0.15) is 11.6 Å². The first-order chi connectivity index (χ1) is 13.1. The molecule has 1 aliphatic carbocycles. The van der Waals surface area contributed by atoms with Crippen molar-refractivity contribution in [2.24, 2.45) is 0 Å². The van der Waals surface area contributed by atoms with Gasteiger partial charge in [-0.1, -0.05) is 30.3 Å². The number of rotatable bonds is 6. The van der Waals surface area contributed by atoms with Crippen LogP contribution in [-0.4, -0.2) is 26.8 Å². The van der Waals surface area contributed by atoms with E-state index in [0.717, 1.165) is 24.4 Å². The second-order valence-electron chi connectivity index (χ2n) is 6.54.